The molecule has 0 N–H and O–H groups in total. The SMILES string of the molecule is CC1CCN(c2nc(CS(=O)[O-])nc(Cl)c2-c2ccsc2)CC1. The summed E-state index contributed by atoms with van der Waals surface area (Å²) in [5.74, 6) is 1.47. The number of piperidine rings is 1. The van der Waals surface area contributed by atoms with Crippen LogP contribution in [0.5, 0.6) is 0 Å². The highest BCUT2D eigenvalue weighted by molar-refractivity contribution is 7.78. The van der Waals surface area contributed by atoms with Gasteiger partial charge in [-0.15, -0.1) is 0 Å². The molecule has 0 bridgehead atoms. The van der Waals surface area contributed by atoms with Crippen molar-refractivity contribution in [2.45, 2.75) is 25.5 Å². The highest BCUT2D eigenvalue weighted by Gasteiger charge is 2.23. The Bertz CT molecular complexity index is 701. The molecule has 2 aromatic heterocycles. The molecular weight excluding hydrogens is 354 g/mol. The molecule has 0 saturated carbocycles. The molecule has 23 heavy (non-hydrogen) atoms. The van der Waals surface area contributed by atoms with Crippen molar-refractivity contribution >= 4 is 39.8 Å². The standard InChI is InChI=1S/C15H18ClN3O2S2/c1-10-2-5-19(6-3-10)15-13(11-4-7-22-8-11)14(16)17-12(18-15)9-23(20)21/h4,7-8,10H,2-3,5-6,9H2,1H3,(H,20,21)/p-1. The molecule has 1 saturated heterocycles. The molecule has 0 radical (unpaired) electrons. The van der Waals surface area contributed by atoms with E-state index in [9.17, 15) is 8.76 Å². The van der Waals surface area contributed by atoms with Gasteiger partial charge in [-0.25, -0.2) is 9.97 Å². The monoisotopic (exact) mass is 370 g/mol. The van der Waals surface area contributed by atoms with Gasteiger partial charge in [0, 0.05) is 13.1 Å². The van der Waals surface area contributed by atoms with Gasteiger partial charge in [-0.3, -0.25) is 4.21 Å². The second-order valence-electron chi connectivity index (χ2n) is 5.76. The summed E-state index contributed by atoms with van der Waals surface area (Å²) in [4.78, 5) is 10.9. The predicted octanol–water partition coefficient (Wildman–Crippen LogP) is 3.47. The minimum Gasteiger partial charge on any atom is -0.772 e. The minimum absolute atomic E-state index is 0.221. The van der Waals surface area contributed by atoms with Crippen LogP contribution >= 0.6 is 22.9 Å². The molecule has 2 aromatic rings. The summed E-state index contributed by atoms with van der Waals surface area (Å²) in [6.07, 6.45) is 2.18. The van der Waals surface area contributed by atoms with Crippen LogP contribution in [0.4, 0.5) is 5.82 Å². The Kier molecular flexibility index (Phi) is 5.31. The molecule has 8 heteroatoms. The predicted molar refractivity (Wildman–Crippen MR) is 93.6 cm³/mol. The van der Waals surface area contributed by atoms with E-state index in [1.165, 1.54) is 0 Å². The van der Waals surface area contributed by atoms with E-state index in [2.05, 4.69) is 21.8 Å². The van der Waals surface area contributed by atoms with Crippen molar-refractivity contribution < 1.29 is 8.76 Å². The zero-order valence-electron chi connectivity index (χ0n) is 12.7. The van der Waals surface area contributed by atoms with Gasteiger partial charge >= 0.3 is 0 Å². The second kappa shape index (κ2) is 7.25. The van der Waals surface area contributed by atoms with Crippen molar-refractivity contribution in [2.24, 2.45) is 5.92 Å². The first kappa shape index (κ1) is 16.8. The molecule has 1 atom stereocenters. The Morgan fingerprint density at radius 2 is 2.17 bits per heavy atom. The van der Waals surface area contributed by atoms with Crippen LogP contribution in [0.15, 0.2) is 16.8 Å². The fourth-order valence-electron chi connectivity index (χ4n) is 2.74. The van der Waals surface area contributed by atoms with Crippen molar-refractivity contribution in [1.29, 1.82) is 0 Å². The van der Waals surface area contributed by atoms with Crippen molar-refractivity contribution in [1.82, 2.24) is 9.97 Å². The third kappa shape index (κ3) is 3.91. The Hall–Kier alpha value is -1.02. The molecule has 0 spiro atoms. The van der Waals surface area contributed by atoms with E-state index >= 15 is 0 Å². The van der Waals surface area contributed by atoms with Gasteiger partial charge in [0.25, 0.3) is 0 Å². The zero-order chi connectivity index (χ0) is 16.4. The third-order valence-corrected chi connectivity index (χ3v) is 5.48. The van der Waals surface area contributed by atoms with Crippen molar-refractivity contribution in [3.8, 4) is 11.1 Å². The molecular formula is C15H17ClN3O2S2-. The van der Waals surface area contributed by atoms with Crippen molar-refractivity contribution in [3.05, 3.63) is 27.8 Å². The third-order valence-electron chi connectivity index (χ3n) is 4.03. The molecule has 1 aliphatic rings. The average molecular weight is 371 g/mol. The summed E-state index contributed by atoms with van der Waals surface area (Å²) >= 11 is 5.73. The molecule has 1 unspecified atom stereocenters. The Morgan fingerprint density at radius 1 is 1.43 bits per heavy atom. The van der Waals surface area contributed by atoms with Crippen molar-refractivity contribution in [2.75, 3.05) is 18.0 Å². The van der Waals surface area contributed by atoms with E-state index < -0.39 is 11.1 Å². The van der Waals surface area contributed by atoms with Gasteiger partial charge in [-0.05, 0) is 52.2 Å². The van der Waals surface area contributed by atoms with Crippen LogP contribution in [-0.2, 0) is 16.8 Å². The molecule has 0 amide bonds. The lowest BCUT2D eigenvalue weighted by Gasteiger charge is -2.32. The van der Waals surface area contributed by atoms with Crippen molar-refractivity contribution in [3.63, 3.8) is 0 Å². The Labute approximate surface area is 147 Å². The van der Waals surface area contributed by atoms with E-state index in [1.807, 2.05) is 16.8 Å². The summed E-state index contributed by atoms with van der Waals surface area (Å²) in [6, 6.07) is 1.98. The number of halogens is 1. The number of rotatable bonds is 4. The van der Waals surface area contributed by atoms with Gasteiger partial charge in [-0.2, -0.15) is 11.3 Å². The summed E-state index contributed by atoms with van der Waals surface area (Å²) in [5.41, 5.74) is 1.77. The highest BCUT2D eigenvalue weighted by atomic mass is 35.5. The highest BCUT2D eigenvalue weighted by Crippen LogP contribution is 2.37. The molecule has 124 valence electrons. The number of thiophene rings is 1. The average Bonchev–Trinajstić information content (AvgIpc) is 3.00. The normalized spacial score (nSPS) is 17.4. The second-order valence-corrected chi connectivity index (χ2v) is 7.79. The Morgan fingerprint density at radius 3 is 2.78 bits per heavy atom. The molecule has 0 aromatic carbocycles. The first-order chi connectivity index (χ1) is 11.0. The first-order valence-electron chi connectivity index (χ1n) is 7.44. The van der Waals surface area contributed by atoms with E-state index in [4.69, 9.17) is 11.6 Å². The number of hydrogen-bond donors (Lipinski definition) is 0. The van der Waals surface area contributed by atoms with Gasteiger partial charge in [-0.1, -0.05) is 18.5 Å². The topological polar surface area (TPSA) is 69.2 Å². The van der Waals surface area contributed by atoms with E-state index in [1.54, 1.807) is 11.3 Å². The van der Waals surface area contributed by atoms with E-state index in [0.717, 1.165) is 42.9 Å². The smallest absolute Gasteiger partial charge is 0.143 e. The molecule has 1 aliphatic heterocycles. The van der Waals surface area contributed by atoms with Crippen LogP contribution in [0.1, 0.15) is 25.6 Å². The minimum atomic E-state index is -2.24. The molecule has 3 rings (SSSR count). The van der Waals surface area contributed by atoms with Gasteiger partial charge in [0.15, 0.2) is 0 Å². The van der Waals surface area contributed by atoms with Crippen LogP contribution in [0.25, 0.3) is 11.1 Å². The zero-order valence-corrected chi connectivity index (χ0v) is 15.1. The number of anilines is 1. The molecule has 5 nitrogen and oxygen atoms in total. The maximum absolute atomic E-state index is 11.0. The van der Waals surface area contributed by atoms with Crippen LogP contribution in [-0.4, -0.2) is 31.8 Å². The summed E-state index contributed by atoms with van der Waals surface area (Å²) in [6.45, 7) is 4.03. The van der Waals surface area contributed by atoms with Gasteiger partial charge in [0.05, 0.1) is 11.3 Å². The fourth-order valence-corrected chi connectivity index (χ4v) is 4.02. The Balaban J connectivity index is 2.05. The lowest BCUT2D eigenvalue weighted by Crippen LogP contribution is -2.34. The largest absolute Gasteiger partial charge is 0.772 e. The fraction of sp³-hybridized carbons (Fsp3) is 0.467. The summed E-state index contributed by atoms with van der Waals surface area (Å²) in [5, 5.41) is 4.30. The van der Waals surface area contributed by atoms with Crippen LogP contribution in [0.2, 0.25) is 5.15 Å². The summed E-state index contributed by atoms with van der Waals surface area (Å²) in [7, 11) is 0. The number of hydrogen-bond acceptors (Lipinski definition) is 6. The van der Waals surface area contributed by atoms with Crippen LogP contribution in [0.3, 0.4) is 0 Å². The van der Waals surface area contributed by atoms with Crippen LogP contribution < -0.4 is 4.90 Å². The lowest BCUT2D eigenvalue weighted by atomic mass is 9.98. The number of nitrogens with zero attached hydrogens (tertiary/aromatic N) is 3. The van der Waals surface area contributed by atoms with E-state index in [0.29, 0.717) is 11.1 Å². The van der Waals surface area contributed by atoms with Crippen LogP contribution in [0, 0.1) is 5.92 Å². The first-order valence-corrected chi connectivity index (χ1v) is 10.0. The van der Waals surface area contributed by atoms with Gasteiger partial charge in [0.1, 0.15) is 16.8 Å². The maximum Gasteiger partial charge on any atom is 0.143 e. The lowest BCUT2D eigenvalue weighted by molar-refractivity contribution is 0.436. The molecule has 3 heterocycles. The van der Waals surface area contributed by atoms with E-state index in [-0.39, 0.29) is 11.6 Å². The van der Waals surface area contributed by atoms with Gasteiger partial charge < -0.3 is 9.45 Å². The van der Waals surface area contributed by atoms with Gasteiger partial charge in [0.2, 0.25) is 0 Å². The summed E-state index contributed by atoms with van der Waals surface area (Å²) < 4.78 is 22.0. The quantitative estimate of drug-likeness (QED) is 0.608. The molecule has 0 aliphatic carbocycles. The maximum atomic E-state index is 11.0. The number of aromatic nitrogens is 2. The molecule has 1 fully saturated rings.